The second-order valence-corrected chi connectivity index (χ2v) is 4.92. The van der Waals surface area contributed by atoms with Crippen molar-refractivity contribution < 1.29 is 9.90 Å². The molecule has 0 unspecified atom stereocenters. The van der Waals surface area contributed by atoms with E-state index in [1.165, 1.54) is 0 Å². The van der Waals surface area contributed by atoms with E-state index >= 15 is 0 Å². The fourth-order valence-electron chi connectivity index (χ4n) is 1.72. The van der Waals surface area contributed by atoms with Crippen LogP contribution in [0.15, 0.2) is 24.3 Å². The van der Waals surface area contributed by atoms with Crippen LogP contribution in [-0.4, -0.2) is 27.2 Å². The van der Waals surface area contributed by atoms with Gasteiger partial charge in [0.05, 0.1) is 5.69 Å². The molecule has 2 rings (SSSR count). The van der Waals surface area contributed by atoms with Crippen LogP contribution in [0.3, 0.4) is 0 Å². The highest BCUT2D eigenvalue weighted by molar-refractivity contribution is 7.08. The number of carbonyl (C=O) groups is 1. The Kier molecular flexibility index (Phi) is 4.59. The summed E-state index contributed by atoms with van der Waals surface area (Å²) < 4.78 is 3.75. The molecule has 5 nitrogen and oxygen atoms in total. The van der Waals surface area contributed by atoms with E-state index < -0.39 is 0 Å². The van der Waals surface area contributed by atoms with Crippen LogP contribution in [0.1, 0.15) is 27.3 Å². The zero-order valence-corrected chi connectivity index (χ0v) is 11.4. The van der Waals surface area contributed by atoms with Gasteiger partial charge in [-0.15, -0.1) is 5.10 Å². The number of nitrogens with zero attached hydrogens (tertiary/aromatic N) is 2. The molecule has 0 fully saturated rings. The Morgan fingerprint density at radius 2 is 2.32 bits per heavy atom. The summed E-state index contributed by atoms with van der Waals surface area (Å²) in [7, 11) is 0. The summed E-state index contributed by atoms with van der Waals surface area (Å²) >= 11 is 1.09. The summed E-state index contributed by atoms with van der Waals surface area (Å²) in [5.74, 6) is -0.188. The van der Waals surface area contributed by atoms with Crippen molar-refractivity contribution in [3.05, 3.63) is 40.4 Å². The summed E-state index contributed by atoms with van der Waals surface area (Å²) in [6.45, 7) is 1.93. The van der Waals surface area contributed by atoms with E-state index in [0.29, 0.717) is 10.6 Å². The molecule has 1 aromatic heterocycles. The van der Waals surface area contributed by atoms with E-state index in [1.807, 2.05) is 24.3 Å². The van der Waals surface area contributed by atoms with Crippen molar-refractivity contribution in [2.75, 3.05) is 11.9 Å². The number of aliphatic hydroxyl groups is 1. The molecule has 0 atom stereocenters. The molecular weight excluding hydrogens is 262 g/mol. The van der Waals surface area contributed by atoms with E-state index in [-0.39, 0.29) is 12.5 Å². The van der Waals surface area contributed by atoms with Crippen molar-refractivity contribution in [3.63, 3.8) is 0 Å². The van der Waals surface area contributed by atoms with Gasteiger partial charge in [0.1, 0.15) is 4.88 Å². The van der Waals surface area contributed by atoms with E-state index in [2.05, 4.69) is 14.9 Å². The van der Waals surface area contributed by atoms with E-state index in [1.54, 1.807) is 6.92 Å². The Morgan fingerprint density at radius 3 is 3.00 bits per heavy atom. The van der Waals surface area contributed by atoms with Gasteiger partial charge in [0.25, 0.3) is 5.91 Å². The minimum atomic E-state index is -0.188. The molecule has 0 aliphatic carbocycles. The highest BCUT2D eigenvalue weighted by Crippen LogP contribution is 2.16. The molecule has 0 spiro atoms. The molecule has 0 saturated carbocycles. The van der Waals surface area contributed by atoms with Gasteiger partial charge >= 0.3 is 0 Å². The maximum atomic E-state index is 12.0. The zero-order valence-electron chi connectivity index (χ0n) is 10.6. The first-order valence-electron chi connectivity index (χ1n) is 6.01. The summed E-state index contributed by atoms with van der Waals surface area (Å²) in [5.41, 5.74) is 2.47. The molecule has 0 bridgehead atoms. The molecule has 100 valence electrons. The monoisotopic (exact) mass is 277 g/mol. The topological polar surface area (TPSA) is 75.1 Å². The molecule has 19 heavy (non-hydrogen) atoms. The van der Waals surface area contributed by atoms with E-state index in [9.17, 15) is 4.79 Å². The van der Waals surface area contributed by atoms with Crippen LogP contribution in [0, 0.1) is 6.92 Å². The number of rotatable bonds is 5. The summed E-state index contributed by atoms with van der Waals surface area (Å²) in [5, 5.41) is 15.5. The molecule has 1 amide bonds. The number of benzene rings is 1. The molecule has 2 N–H and O–H groups in total. The quantitative estimate of drug-likeness (QED) is 0.876. The van der Waals surface area contributed by atoms with Gasteiger partial charge in [-0.2, -0.15) is 0 Å². The van der Waals surface area contributed by atoms with Crippen LogP contribution < -0.4 is 5.32 Å². The fraction of sp³-hybridized carbons (Fsp3) is 0.308. The highest BCUT2D eigenvalue weighted by Gasteiger charge is 2.13. The first-order valence-corrected chi connectivity index (χ1v) is 6.78. The Balaban J connectivity index is 2.07. The van der Waals surface area contributed by atoms with E-state index in [0.717, 1.165) is 35.6 Å². The zero-order chi connectivity index (χ0) is 13.7. The minimum absolute atomic E-state index is 0.169. The summed E-state index contributed by atoms with van der Waals surface area (Å²) in [6.07, 6.45) is 1.51. The average Bonchev–Trinajstić information content (AvgIpc) is 2.83. The molecule has 0 saturated heterocycles. The maximum absolute atomic E-state index is 12.0. The predicted molar refractivity (Wildman–Crippen MR) is 74.4 cm³/mol. The van der Waals surface area contributed by atoms with Crippen molar-refractivity contribution in [2.45, 2.75) is 19.8 Å². The van der Waals surface area contributed by atoms with Crippen molar-refractivity contribution in [1.82, 2.24) is 9.59 Å². The normalized spacial score (nSPS) is 10.4. The van der Waals surface area contributed by atoms with Crippen LogP contribution >= 0.6 is 11.5 Å². The third kappa shape index (κ3) is 3.59. The number of aliphatic hydroxyl groups excluding tert-OH is 1. The van der Waals surface area contributed by atoms with Crippen molar-refractivity contribution in [1.29, 1.82) is 0 Å². The first kappa shape index (κ1) is 13.6. The number of anilines is 1. The number of carbonyl (C=O) groups excluding carboxylic acids is 1. The minimum Gasteiger partial charge on any atom is -0.396 e. The maximum Gasteiger partial charge on any atom is 0.269 e. The fourth-order valence-corrected chi connectivity index (χ4v) is 2.27. The first-order chi connectivity index (χ1) is 9.20. The number of hydrogen-bond acceptors (Lipinski definition) is 5. The van der Waals surface area contributed by atoms with Crippen LogP contribution in [0.25, 0.3) is 0 Å². The number of aryl methyl sites for hydroxylation is 2. The lowest BCUT2D eigenvalue weighted by atomic mass is 10.1. The largest absolute Gasteiger partial charge is 0.396 e. The van der Waals surface area contributed by atoms with Gasteiger partial charge in [-0.25, -0.2) is 0 Å². The molecular formula is C13H15N3O2S. The number of aromatic nitrogens is 2. The lowest BCUT2D eigenvalue weighted by Crippen LogP contribution is -2.11. The van der Waals surface area contributed by atoms with Gasteiger partial charge in [0, 0.05) is 12.3 Å². The molecule has 1 heterocycles. The average molecular weight is 277 g/mol. The third-order valence-electron chi connectivity index (χ3n) is 2.67. The third-order valence-corrected chi connectivity index (χ3v) is 3.49. The standard InChI is InChI=1S/C13H15N3O2S/c1-9-12(19-16-15-9)13(18)14-11-6-2-4-10(8-11)5-3-7-17/h2,4,6,8,17H,3,5,7H2,1H3,(H,14,18). The Morgan fingerprint density at radius 1 is 1.47 bits per heavy atom. The Bertz CT molecular complexity index is 569. The van der Waals surface area contributed by atoms with E-state index in [4.69, 9.17) is 5.11 Å². The highest BCUT2D eigenvalue weighted by atomic mass is 32.1. The van der Waals surface area contributed by atoms with Gasteiger partial charge in [0.2, 0.25) is 0 Å². The van der Waals surface area contributed by atoms with Crippen molar-refractivity contribution in [2.24, 2.45) is 0 Å². The molecule has 6 heteroatoms. The lowest BCUT2D eigenvalue weighted by Gasteiger charge is -2.06. The second kappa shape index (κ2) is 6.40. The Hall–Kier alpha value is -1.79. The number of nitrogens with one attached hydrogen (secondary N) is 1. The van der Waals surface area contributed by atoms with Crippen LogP contribution in [-0.2, 0) is 6.42 Å². The molecule has 0 aliphatic heterocycles. The predicted octanol–water partition coefficient (Wildman–Crippen LogP) is 2.02. The van der Waals surface area contributed by atoms with Crippen molar-refractivity contribution in [3.8, 4) is 0 Å². The van der Waals surface area contributed by atoms with Crippen molar-refractivity contribution >= 4 is 23.1 Å². The number of amides is 1. The van der Waals surface area contributed by atoms with Crippen LogP contribution in [0.2, 0.25) is 0 Å². The SMILES string of the molecule is Cc1nnsc1C(=O)Nc1cccc(CCCO)c1. The van der Waals surface area contributed by atoms with Gasteiger partial charge < -0.3 is 10.4 Å². The van der Waals surface area contributed by atoms with Gasteiger partial charge in [0.15, 0.2) is 0 Å². The smallest absolute Gasteiger partial charge is 0.269 e. The van der Waals surface area contributed by atoms with Crippen LogP contribution in [0.5, 0.6) is 0 Å². The number of hydrogen-bond donors (Lipinski definition) is 2. The Labute approximate surface area is 115 Å². The van der Waals surface area contributed by atoms with Gasteiger partial charge in [-0.05, 0) is 49.0 Å². The second-order valence-electron chi connectivity index (χ2n) is 4.17. The summed E-state index contributed by atoms with van der Waals surface area (Å²) in [6, 6.07) is 7.62. The molecule has 0 aliphatic rings. The molecule has 2 aromatic rings. The van der Waals surface area contributed by atoms with Crippen LogP contribution in [0.4, 0.5) is 5.69 Å². The molecule has 0 radical (unpaired) electrons. The van der Waals surface area contributed by atoms with Gasteiger partial charge in [-0.3, -0.25) is 4.79 Å². The lowest BCUT2D eigenvalue weighted by molar-refractivity contribution is 0.103. The summed E-state index contributed by atoms with van der Waals surface area (Å²) in [4.78, 5) is 12.5. The molecule has 1 aromatic carbocycles. The van der Waals surface area contributed by atoms with Gasteiger partial charge in [-0.1, -0.05) is 16.6 Å².